The van der Waals surface area contributed by atoms with Crippen LogP contribution in [0.25, 0.3) is 0 Å². The lowest BCUT2D eigenvalue weighted by Gasteiger charge is -1.76. The van der Waals surface area contributed by atoms with Crippen molar-refractivity contribution in [2.45, 2.75) is 6.92 Å². The molecular weight excluding hydrogens is 200 g/mol. The third kappa shape index (κ3) is 2.14. The normalized spacial score (nSPS) is 9.31. The smallest absolute Gasteiger partial charge is 0.167 e. The van der Waals surface area contributed by atoms with Gasteiger partial charge in [-0.1, -0.05) is 0 Å². The lowest BCUT2D eigenvalue weighted by Crippen LogP contribution is -1.74. The quantitative estimate of drug-likeness (QED) is 0.618. The predicted octanol–water partition coefficient (Wildman–Crippen LogP) is 2.31. The molecule has 4 heteroatoms. The Labute approximate surface area is 84.3 Å². The first-order chi connectivity index (χ1) is 6.34. The van der Waals surface area contributed by atoms with Gasteiger partial charge in [0.2, 0.25) is 0 Å². The zero-order chi connectivity index (χ0) is 9.10. The van der Waals surface area contributed by atoms with Crippen molar-refractivity contribution in [2.24, 2.45) is 0 Å². The molecule has 0 spiro atoms. The Morgan fingerprint density at radius 3 is 2.85 bits per heavy atom. The molecule has 0 radical (unpaired) electrons. The van der Waals surface area contributed by atoms with Crippen LogP contribution in [0.5, 0.6) is 0 Å². The Morgan fingerprint density at radius 1 is 1.31 bits per heavy atom. The van der Waals surface area contributed by atoms with E-state index in [-0.39, 0.29) is 0 Å². The van der Waals surface area contributed by atoms with Crippen molar-refractivity contribution in [2.75, 3.05) is 0 Å². The van der Waals surface area contributed by atoms with Gasteiger partial charge in [-0.25, -0.2) is 9.97 Å². The fourth-order valence-corrected chi connectivity index (χ4v) is 1.85. The number of rotatable bonds is 0. The average Bonchev–Trinajstić information content (AvgIpc) is 2.71. The summed E-state index contributed by atoms with van der Waals surface area (Å²) in [5.74, 6) is 5.92. The summed E-state index contributed by atoms with van der Waals surface area (Å²) in [6, 6.07) is 0. The van der Waals surface area contributed by atoms with Crippen LogP contribution in [-0.2, 0) is 0 Å². The molecule has 13 heavy (non-hydrogen) atoms. The van der Waals surface area contributed by atoms with Crippen molar-refractivity contribution in [3.63, 3.8) is 0 Å². The fourth-order valence-electron chi connectivity index (χ4n) is 0.824. The molecule has 0 saturated carbocycles. The van der Waals surface area contributed by atoms with Crippen LogP contribution in [0, 0.1) is 18.8 Å². The Balaban J connectivity index is 2.22. The summed E-state index contributed by atoms with van der Waals surface area (Å²) in [5, 5.41) is 5.75. The van der Waals surface area contributed by atoms with Gasteiger partial charge >= 0.3 is 0 Å². The SMILES string of the molecule is Cc1nc(C#Cc2nccs2)cs1. The van der Waals surface area contributed by atoms with E-state index in [1.165, 1.54) is 11.3 Å². The fraction of sp³-hybridized carbons (Fsp3) is 0.111. The molecule has 0 aliphatic heterocycles. The van der Waals surface area contributed by atoms with Gasteiger partial charge in [0.05, 0.1) is 5.01 Å². The zero-order valence-corrected chi connectivity index (χ0v) is 8.58. The molecule has 0 bridgehead atoms. The van der Waals surface area contributed by atoms with E-state index < -0.39 is 0 Å². The van der Waals surface area contributed by atoms with Gasteiger partial charge in [-0.3, -0.25) is 0 Å². The molecule has 0 atom stereocenters. The van der Waals surface area contributed by atoms with Crippen LogP contribution in [0.4, 0.5) is 0 Å². The summed E-state index contributed by atoms with van der Waals surface area (Å²) in [5.41, 5.74) is 0.831. The van der Waals surface area contributed by atoms with E-state index >= 15 is 0 Å². The molecule has 2 aromatic heterocycles. The van der Waals surface area contributed by atoms with Crippen molar-refractivity contribution in [3.05, 3.63) is 32.7 Å². The Morgan fingerprint density at radius 2 is 2.23 bits per heavy atom. The highest BCUT2D eigenvalue weighted by Gasteiger charge is 1.92. The molecule has 0 unspecified atom stereocenters. The third-order valence-electron chi connectivity index (χ3n) is 1.35. The van der Waals surface area contributed by atoms with Crippen molar-refractivity contribution in [1.82, 2.24) is 9.97 Å². The summed E-state index contributed by atoms with van der Waals surface area (Å²) < 4.78 is 0. The molecule has 0 amide bonds. The van der Waals surface area contributed by atoms with Gasteiger partial charge in [-0.05, 0) is 18.8 Å². The van der Waals surface area contributed by atoms with Crippen LogP contribution < -0.4 is 0 Å². The molecule has 2 aromatic rings. The summed E-state index contributed by atoms with van der Waals surface area (Å²) in [4.78, 5) is 8.29. The number of thiazole rings is 2. The second-order valence-corrected chi connectivity index (χ2v) is 4.30. The van der Waals surface area contributed by atoms with Gasteiger partial charge in [0.25, 0.3) is 0 Å². The second-order valence-electron chi connectivity index (χ2n) is 2.34. The molecule has 0 N–H and O–H groups in total. The Bertz CT molecular complexity index is 445. The minimum atomic E-state index is 0.831. The van der Waals surface area contributed by atoms with Crippen LogP contribution in [0.15, 0.2) is 17.0 Å². The lowest BCUT2D eigenvalue weighted by molar-refractivity contribution is 1.27. The molecular formula is C9H6N2S2. The first-order valence-electron chi connectivity index (χ1n) is 3.68. The second kappa shape index (κ2) is 3.69. The lowest BCUT2D eigenvalue weighted by atomic mass is 10.5. The van der Waals surface area contributed by atoms with E-state index in [9.17, 15) is 0 Å². The van der Waals surface area contributed by atoms with Crippen LogP contribution in [-0.4, -0.2) is 9.97 Å². The molecule has 0 aliphatic rings. The van der Waals surface area contributed by atoms with Gasteiger partial charge in [0, 0.05) is 17.0 Å². The molecule has 0 fully saturated rings. The monoisotopic (exact) mass is 206 g/mol. The summed E-state index contributed by atoms with van der Waals surface area (Å²) in [6.45, 7) is 1.97. The number of hydrogen-bond donors (Lipinski definition) is 0. The standard InChI is InChI=1S/C9H6N2S2/c1-7-11-8(6-13-7)2-3-9-10-4-5-12-9/h4-6H,1H3. The van der Waals surface area contributed by atoms with Crippen molar-refractivity contribution >= 4 is 22.7 Å². The first kappa shape index (κ1) is 8.42. The maximum atomic E-state index is 4.23. The summed E-state index contributed by atoms with van der Waals surface area (Å²) in [7, 11) is 0. The van der Waals surface area contributed by atoms with E-state index in [1.54, 1.807) is 17.5 Å². The largest absolute Gasteiger partial charge is 0.236 e. The van der Waals surface area contributed by atoms with E-state index in [2.05, 4.69) is 21.8 Å². The highest BCUT2D eigenvalue weighted by Crippen LogP contribution is 2.07. The molecule has 0 saturated heterocycles. The van der Waals surface area contributed by atoms with Crippen LogP contribution in [0.2, 0.25) is 0 Å². The minimum Gasteiger partial charge on any atom is -0.236 e. The molecule has 0 aliphatic carbocycles. The highest BCUT2D eigenvalue weighted by atomic mass is 32.1. The molecule has 0 aromatic carbocycles. The van der Waals surface area contributed by atoms with Crippen LogP contribution >= 0.6 is 22.7 Å². The highest BCUT2D eigenvalue weighted by molar-refractivity contribution is 7.10. The van der Waals surface area contributed by atoms with E-state index in [0.29, 0.717) is 0 Å². The van der Waals surface area contributed by atoms with Gasteiger partial charge < -0.3 is 0 Å². The molecule has 2 heterocycles. The van der Waals surface area contributed by atoms with Crippen LogP contribution in [0.1, 0.15) is 15.7 Å². The van der Waals surface area contributed by atoms with Gasteiger partial charge in [-0.15, -0.1) is 22.7 Å². The topological polar surface area (TPSA) is 25.8 Å². The van der Waals surface area contributed by atoms with Crippen molar-refractivity contribution in [1.29, 1.82) is 0 Å². The molecule has 64 valence electrons. The number of nitrogens with zero attached hydrogens (tertiary/aromatic N) is 2. The van der Waals surface area contributed by atoms with Crippen molar-refractivity contribution < 1.29 is 0 Å². The molecule has 2 nitrogen and oxygen atoms in total. The molecule has 2 rings (SSSR count). The van der Waals surface area contributed by atoms with Gasteiger partial charge in [-0.2, -0.15) is 0 Å². The number of aryl methyl sites for hydroxylation is 1. The number of aromatic nitrogens is 2. The van der Waals surface area contributed by atoms with E-state index in [4.69, 9.17) is 0 Å². The third-order valence-corrected chi connectivity index (χ3v) is 2.81. The Hall–Kier alpha value is -1.18. The predicted molar refractivity (Wildman–Crippen MR) is 54.9 cm³/mol. The van der Waals surface area contributed by atoms with E-state index in [1.807, 2.05) is 17.7 Å². The number of hydrogen-bond acceptors (Lipinski definition) is 4. The first-order valence-corrected chi connectivity index (χ1v) is 5.44. The van der Waals surface area contributed by atoms with Gasteiger partial charge in [0.1, 0.15) is 5.69 Å². The average molecular weight is 206 g/mol. The maximum absolute atomic E-state index is 4.23. The van der Waals surface area contributed by atoms with Gasteiger partial charge in [0.15, 0.2) is 5.01 Å². The summed E-state index contributed by atoms with van der Waals surface area (Å²) in [6.07, 6.45) is 1.75. The Kier molecular flexibility index (Phi) is 2.39. The van der Waals surface area contributed by atoms with Crippen LogP contribution in [0.3, 0.4) is 0 Å². The minimum absolute atomic E-state index is 0.831. The van der Waals surface area contributed by atoms with Crippen molar-refractivity contribution in [3.8, 4) is 11.8 Å². The maximum Gasteiger partial charge on any atom is 0.167 e. The summed E-state index contributed by atoms with van der Waals surface area (Å²) >= 11 is 3.15. The zero-order valence-electron chi connectivity index (χ0n) is 6.94. The van der Waals surface area contributed by atoms with E-state index in [0.717, 1.165) is 15.7 Å².